The number of nitrogens with zero attached hydrogens (tertiary/aromatic N) is 5. The van der Waals surface area contributed by atoms with Gasteiger partial charge in [-0.2, -0.15) is 4.68 Å². The molecule has 0 radical (unpaired) electrons. The Labute approximate surface area is 57.9 Å². The molecule has 6 nitrogen and oxygen atoms in total. The Morgan fingerprint density at radius 3 is 2.90 bits per heavy atom. The average Bonchev–Trinajstić information content (AvgIpc) is 2.33. The first-order valence-corrected chi connectivity index (χ1v) is 2.64. The van der Waals surface area contributed by atoms with Crippen LogP contribution in [0.5, 0.6) is 0 Å². The van der Waals surface area contributed by atoms with Crippen molar-refractivity contribution in [2.75, 3.05) is 12.1 Å². The Morgan fingerprint density at radius 2 is 2.50 bits per heavy atom. The second-order valence-electron chi connectivity index (χ2n) is 1.72. The van der Waals surface area contributed by atoms with Crippen molar-refractivity contribution in [3.05, 3.63) is 6.58 Å². The molecule has 0 amide bonds. The maximum atomic E-state index is 5.36. The molecule has 0 fully saturated rings. The molecule has 0 bridgehead atoms. The van der Waals surface area contributed by atoms with Crippen molar-refractivity contribution in [3.63, 3.8) is 0 Å². The second-order valence-corrected chi connectivity index (χ2v) is 1.72. The quantitative estimate of drug-likeness (QED) is 0.425. The molecule has 1 rings (SSSR count). The minimum atomic E-state index is 0.454. The van der Waals surface area contributed by atoms with Crippen LogP contribution in [0.4, 0.5) is 5.95 Å². The summed E-state index contributed by atoms with van der Waals surface area (Å²) < 4.78 is 1.38. The minimum absolute atomic E-state index is 0.454. The smallest absolute Gasteiger partial charge is 0.263 e. The molecule has 1 aromatic heterocycles. The van der Waals surface area contributed by atoms with Crippen molar-refractivity contribution >= 4 is 12.1 Å². The molecule has 0 saturated carbocycles. The molecule has 0 aliphatic heterocycles. The van der Waals surface area contributed by atoms with Crippen LogP contribution in [0.2, 0.25) is 0 Å². The molecule has 0 saturated heterocycles. The Kier molecular flexibility index (Phi) is 1.63. The standard InChI is InChI=1S/C4H8N6/c1-3-10-4(9(2)5)6-7-8-10/h3H,1,5H2,2H3. The Bertz CT molecular complexity index is 225. The summed E-state index contributed by atoms with van der Waals surface area (Å²) in [4.78, 5) is 0. The lowest BCUT2D eigenvalue weighted by atomic mass is 10.9. The number of tetrazole rings is 1. The van der Waals surface area contributed by atoms with E-state index in [0.717, 1.165) is 0 Å². The molecule has 1 aromatic rings. The van der Waals surface area contributed by atoms with E-state index in [2.05, 4.69) is 22.1 Å². The lowest BCUT2D eigenvalue weighted by Crippen LogP contribution is -2.27. The van der Waals surface area contributed by atoms with Gasteiger partial charge in [-0.15, -0.1) is 0 Å². The summed E-state index contributed by atoms with van der Waals surface area (Å²) in [7, 11) is 1.64. The molecule has 1 heterocycles. The fourth-order valence-electron chi connectivity index (χ4n) is 0.539. The summed E-state index contributed by atoms with van der Waals surface area (Å²) in [6.45, 7) is 3.48. The van der Waals surface area contributed by atoms with E-state index >= 15 is 0 Å². The van der Waals surface area contributed by atoms with Gasteiger partial charge >= 0.3 is 0 Å². The summed E-state index contributed by atoms with van der Waals surface area (Å²) in [6.07, 6.45) is 1.47. The van der Waals surface area contributed by atoms with E-state index in [0.29, 0.717) is 5.95 Å². The maximum Gasteiger partial charge on any atom is 0.263 e. The first-order valence-electron chi connectivity index (χ1n) is 2.64. The summed E-state index contributed by atoms with van der Waals surface area (Å²) in [5.41, 5.74) is 0. The molecule has 0 atom stereocenters. The zero-order valence-corrected chi connectivity index (χ0v) is 5.60. The Hall–Kier alpha value is -1.43. The molecule has 0 unspecified atom stereocenters. The number of hydrogen-bond donors (Lipinski definition) is 1. The monoisotopic (exact) mass is 140 g/mol. The molecule has 10 heavy (non-hydrogen) atoms. The topological polar surface area (TPSA) is 72.9 Å². The van der Waals surface area contributed by atoms with Crippen LogP contribution in [-0.4, -0.2) is 27.3 Å². The lowest BCUT2D eigenvalue weighted by molar-refractivity contribution is 0.811. The van der Waals surface area contributed by atoms with Gasteiger partial charge in [-0.25, -0.2) is 5.84 Å². The predicted octanol–water partition coefficient (Wildman–Crippen LogP) is -0.917. The van der Waals surface area contributed by atoms with Gasteiger partial charge in [0.2, 0.25) is 0 Å². The third kappa shape index (κ3) is 0.960. The SMILES string of the molecule is C=Cn1nnnc1N(C)N. The van der Waals surface area contributed by atoms with Crippen LogP contribution in [0.1, 0.15) is 0 Å². The highest BCUT2D eigenvalue weighted by atomic mass is 15.6. The van der Waals surface area contributed by atoms with Crippen molar-refractivity contribution < 1.29 is 0 Å². The zero-order valence-electron chi connectivity index (χ0n) is 5.60. The molecular weight excluding hydrogens is 132 g/mol. The van der Waals surface area contributed by atoms with Crippen molar-refractivity contribution in [1.82, 2.24) is 20.2 Å². The van der Waals surface area contributed by atoms with E-state index in [1.165, 1.54) is 15.9 Å². The molecule has 0 spiro atoms. The van der Waals surface area contributed by atoms with E-state index in [4.69, 9.17) is 5.84 Å². The van der Waals surface area contributed by atoms with Crippen LogP contribution in [-0.2, 0) is 0 Å². The highest BCUT2D eigenvalue weighted by molar-refractivity contribution is 5.32. The van der Waals surface area contributed by atoms with Crippen molar-refractivity contribution in [2.45, 2.75) is 0 Å². The van der Waals surface area contributed by atoms with Gasteiger partial charge < -0.3 is 0 Å². The van der Waals surface area contributed by atoms with Crippen LogP contribution in [0.15, 0.2) is 6.58 Å². The van der Waals surface area contributed by atoms with E-state index in [1.54, 1.807) is 7.05 Å². The van der Waals surface area contributed by atoms with Gasteiger partial charge in [-0.05, 0) is 10.4 Å². The highest BCUT2D eigenvalue weighted by Crippen LogP contribution is 1.99. The first-order chi connectivity index (χ1) is 4.75. The van der Waals surface area contributed by atoms with E-state index in [9.17, 15) is 0 Å². The third-order valence-corrected chi connectivity index (χ3v) is 0.964. The first kappa shape index (κ1) is 6.69. The molecule has 0 aromatic carbocycles. The fourth-order valence-corrected chi connectivity index (χ4v) is 0.539. The Morgan fingerprint density at radius 1 is 1.80 bits per heavy atom. The summed E-state index contributed by atoms with van der Waals surface area (Å²) in [6, 6.07) is 0. The molecule has 0 aliphatic rings. The summed E-state index contributed by atoms with van der Waals surface area (Å²) in [5.74, 6) is 5.81. The second kappa shape index (κ2) is 2.44. The van der Waals surface area contributed by atoms with Crippen LogP contribution >= 0.6 is 0 Å². The van der Waals surface area contributed by atoms with Gasteiger partial charge in [0.1, 0.15) is 0 Å². The van der Waals surface area contributed by atoms with Gasteiger partial charge in [0.05, 0.1) is 0 Å². The average molecular weight is 140 g/mol. The van der Waals surface area contributed by atoms with E-state index < -0.39 is 0 Å². The van der Waals surface area contributed by atoms with Gasteiger partial charge in [-0.1, -0.05) is 11.7 Å². The normalized spacial score (nSPS) is 9.40. The third-order valence-electron chi connectivity index (χ3n) is 0.964. The number of rotatable bonds is 2. The zero-order chi connectivity index (χ0) is 7.56. The maximum absolute atomic E-state index is 5.36. The van der Waals surface area contributed by atoms with Crippen molar-refractivity contribution in [1.29, 1.82) is 0 Å². The number of aromatic nitrogens is 4. The molecule has 0 aliphatic carbocycles. The number of hydrazine groups is 1. The Balaban J connectivity index is 3.01. The summed E-state index contributed by atoms with van der Waals surface area (Å²) >= 11 is 0. The number of anilines is 1. The van der Waals surface area contributed by atoms with Gasteiger partial charge in [0, 0.05) is 13.2 Å². The van der Waals surface area contributed by atoms with E-state index in [1.807, 2.05) is 0 Å². The van der Waals surface area contributed by atoms with Crippen LogP contribution < -0.4 is 10.9 Å². The highest BCUT2D eigenvalue weighted by Gasteiger charge is 2.03. The van der Waals surface area contributed by atoms with Gasteiger partial charge in [0.25, 0.3) is 5.95 Å². The molecule has 2 N–H and O–H groups in total. The number of nitrogens with two attached hydrogens (primary N) is 1. The lowest BCUT2D eigenvalue weighted by Gasteiger charge is -2.06. The molecular formula is C4H8N6. The molecule has 54 valence electrons. The van der Waals surface area contributed by atoms with E-state index in [-0.39, 0.29) is 0 Å². The predicted molar refractivity (Wildman–Crippen MR) is 36.8 cm³/mol. The van der Waals surface area contributed by atoms with Crippen molar-refractivity contribution in [3.8, 4) is 0 Å². The van der Waals surface area contributed by atoms with Gasteiger partial charge in [-0.3, -0.25) is 5.01 Å². The van der Waals surface area contributed by atoms with Gasteiger partial charge in [0.15, 0.2) is 0 Å². The van der Waals surface area contributed by atoms with Crippen LogP contribution in [0.25, 0.3) is 6.20 Å². The largest absolute Gasteiger partial charge is 0.280 e. The summed E-state index contributed by atoms with van der Waals surface area (Å²) in [5, 5.41) is 11.9. The van der Waals surface area contributed by atoms with Crippen LogP contribution in [0.3, 0.4) is 0 Å². The van der Waals surface area contributed by atoms with Crippen LogP contribution in [0, 0.1) is 0 Å². The fraction of sp³-hybridized carbons (Fsp3) is 0.250. The molecule has 6 heteroatoms. The number of hydrogen-bond acceptors (Lipinski definition) is 5. The van der Waals surface area contributed by atoms with Crippen molar-refractivity contribution in [2.24, 2.45) is 5.84 Å². The minimum Gasteiger partial charge on any atom is -0.280 e.